The molecule has 2 heteroatoms. The third kappa shape index (κ3) is 18.1. The Morgan fingerprint density at radius 2 is 0.952 bits per heavy atom. The Morgan fingerprint density at radius 3 is 1.29 bits per heavy atom. The number of rotatable bonds is 17. The largest absolute Gasteiger partial charge is 0.425 e. The minimum Gasteiger partial charge on any atom is -0.425 e. The minimum absolute atomic E-state index is 0.513. The second-order valence-electron chi connectivity index (χ2n) is 6.78. The molecule has 128 valence electrons. The predicted octanol–water partition coefficient (Wildman–Crippen LogP) is 5.93. The van der Waals surface area contributed by atoms with Crippen molar-refractivity contribution in [1.29, 1.82) is 0 Å². The van der Waals surface area contributed by atoms with Crippen LogP contribution < -0.4 is 0 Å². The lowest BCUT2D eigenvalue weighted by Gasteiger charge is -2.09. The standard InChI is InChI=1S/C19H42OSi/c1-3-4-5-6-7-8-9-10-11-12-13-14-15-16-17-18-19(2)20-21/h19H,3-18H2,1-2,21H3. The van der Waals surface area contributed by atoms with Crippen molar-refractivity contribution < 1.29 is 4.43 Å². The summed E-state index contributed by atoms with van der Waals surface area (Å²) in [4.78, 5) is 0. The first-order chi connectivity index (χ1) is 10.3. The maximum Gasteiger partial charge on any atom is 0.146 e. The van der Waals surface area contributed by atoms with Gasteiger partial charge in [-0.3, -0.25) is 0 Å². The molecule has 0 aromatic rings. The van der Waals surface area contributed by atoms with E-state index in [-0.39, 0.29) is 0 Å². The summed E-state index contributed by atoms with van der Waals surface area (Å²) in [5, 5.41) is 0. The van der Waals surface area contributed by atoms with Gasteiger partial charge in [-0.2, -0.15) is 0 Å². The van der Waals surface area contributed by atoms with E-state index in [1.807, 2.05) is 0 Å². The van der Waals surface area contributed by atoms with Crippen molar-refractivity contribution in [2.45, 2.75) is 123 Å². The molecule has 0 heterocycles. The molecule has 0 radical (unpaired) electrons. The molecule has 0 aromatic carbocycles. The number of hydrogen-bond acceptors (Lipinski definition) is 1. The van der Waals surface area contributed by atoms with Crippen LogP contribution in [0.15, 0.2) is 0 Å². The fourth-order valence-corrected chi connectivity index (χ4v) is 3.16. The zero-order valence-corrected chi connectivity index (χ0v) is 17.3. The molecular weight excluding hydrogens is 272 g/mol. The van der Waals surface area contributed by atoms with Crippen molar-refractivity contribution in [3.8, 4) is 0 Å². The molecule has 0 aromatic heterocycles. The lowest BCUT2D eigenvalue weighted by Crippen LogP contribution is -2.04. The van der Waals surface area contributed by atoms with Gasteiger partial charge < -0.3 is 4.43 Å². The van der Waals surface area contributed by atoms with Crippen LogP contribution in [0.5, 0.6) is 0 Å². The molecule has 0 spiro atoms. The summed E-state index contributed by atoms with van der Waals surface area (Å²) < 4.78 is 5.41. The lowest BCUT2D eigenvalue weighted by molar-refractivity contribution is 0.226. The summed E-state index contributed by atoms with van der Waals surface area (Å²) in [6.45, 7) is 4.50. The molecule has 0 aliphatic rings. The van der Waals surface area contributed by atoms with Gasteiger partial charge in [-0.1, -0.05) is 103 Å². The van der Waals surface area contributed by atoms with E-state index >= 15 is 0 Å². The molecule has 0 bridgehead atoms. The fraction of sp³-hybridized carbons (Fsp3) is 1.00. The van der Waals surface area contributed by atoms with Crippen LogP contribution in [-0.2, 0) is 4.43 Å². The van der Waals surface area contributed by atoms with E-state index in [0.717, 1.165) is 10.5 Å². The number of hydrogen-bond donors (Lipinski definition) is 0. The third-order valence-electron chi connectivity index (χ3n) is 4.62. The molecule has 1 unspecified atom stereocenters. The molecule has 0 saturated heterocycles. The summed E-state index contributed by atoms with van der Waals surface area (Å²) in [6, 6.07) is 0. The highest BCUT2D eigenvalue weighted by Gasteiger charge is 1.98. The fourth-order valence-electron chi connectivity index (χ4n) is 2.92. The molecular formula is C19H42OSi. The monoisotopic (exact) mass is 314 g/mol. The van der Waals surface area contributed by atoms with Crippen molar-refractivity contribution >= 4 is 10.5 Å². The Hall–Kier alpha value is 0.177. The molecule has 21 heavy (non-hydrogen) atoms. The van der Waals surface area contributed by atoms with E-state index in [0.29, 0.717) is 6.10 Å². The van der Waals surface area contributed by atoms with Crippen molar-refractivity contribution in [1.82, 2.24) is 0 Å². The molecule has 0 amide bonds. The Morgan fingerprint density at radius 1 is 0.619 bits per heavy atom. The lowest BCUT2D eigenvalue weighted by atomic mass is 10.0. The highest BCUT2D eigenvalue weighted by Crippen LogP contribution is 2.14. The molecule has 0 saturated carbocycles. The molecule has 1 nitrogen and oxygen atoms in total. The molecule has 0 rings (SSSR count). The van der Waals surface area contributed by atoms with E-state index in [1.165, 1.54) is 103 Å². The summed E-state index contributed by atoms with van der Waals surface area (Å²) in [7, 11) is 0.894. The van der Waals surface area contributed by atoms with E-state index in [2.05, 4.69) is 13.8 Å². The highest BCUT2D eigenvalue weighted by molar-refractivity contribution is 5.98. The third-order valence-corrected chi connectivity index (χ3v) is 5.42. The zero-order valence-electron chi connectivity index (χ0n) is 15.3. The number of unbranched alkanes of at least 4 members (excludes halogenated alkanes) is 14. The molecule has 0 aliphatic carbocycles. The van der Waals surface area contributed by atoms with Gasteiger partial charge in [0.2, 0.25) is 0 Å². The van der Waals surface area contributed by atoms with E-state index in [1.54, 1.807) is 0 Å². The summed E-state index contributed by atoms with van der Waals surface area (Å²) >= 11 is 0. The van der Waals surface area contributed by atoms with Crippen LogP contribution in [0.1, 0.15) is 117 Å². The van der Waals surface area contributed by atoms with Crippen LogP contribution >= 0.6 is 0 Å². The highest BCUT2D eigenvalue weighted by atomic mass is 28.2. The van der Waals surface area contributed by atoms with Crippen molar-refractivity contribution in [3.05, 3.63) is 0 Å². The van der Waals surface area contributed by atoms with Crippen molar-refractivity contribution in [2.75, 3.05) is 0 Å². The van der Waals surface area contributed by atoms with Gasteiger partial charge in [0.1, 0.15) is 10.5 Å². The molecule has 0 N–H and O–H groups in total. The Bertz CT molecular complexity index is 184. The van der Waals surface area contributed by atoms with Crippen LogP contribution in [0.3, 0.4) is 0 Å². The van der Waals surface area contributed by atoms with Gasteiger partial charge in [-0.05, 0) is 13.3 Å². The topological polar surface area (TPSA) is 9.23 Å². The van der Waals surface area contributed by atoms with Gasteiger partial charge in [0.25, 0.3) is 0 Å². The van der Waals surface area contributed by atoms with Gasteiger partial charge >= 0.3 is 0 Å². The smallest absolute Gasteiger partial charge is 0.146 e. The van der Waals surface area contributed by atoms with Crippen LogP contribution in [-0.4, -0.2) is 16.6 Å². The normalized spacial score (nSPS) is 12.9. The molecule has 0 fully saturated rings. The molecule has 1 atom stereocenters. The van der Waals surface area contributed by atoms with Gasteiger partial charge in [-0.15, -0.1) is 0 Å². The summed E-state index contributed by atoms with van der Waals surface area (Å²) in [6.07, 6.45) is 23.5. The quantitative estimate of drug-likeness (QED) is 0.239. The second-order valence-corrected chi connectivity index (χ2v) is 7.26. The average Bonchev–Trinajstić information content (AvgIpc) is 2.50. The first kappa shape index (κ1) is 21.2. The van der Waals surface area contributed by atoms with Gasteiger partial charge in [-0.25, -0.2) is 0 Å². The van der Waals surface area contributed by atoms with Crippen molar-refractivity contribution in [2.24, 2.45) is 0 Å². The summed E-state index contributed by atoms with van der Waals surface area (Å²) in [5.41, 5.74) is 0. The second kappa shape index (κ2) is 18.2. The summed E-state index contributed by atoms with van der Waals surface area (Å²) in [5.74, 6) is 0. The average molecular weight is 315 g/mol. The first-order valence-corrected chi connectivity index (χ1v) is 10.7. The maximum atomic E-state index is 5.41. The van der Waals surface area contributed by atoms with Gasteiger partial charge in [0, 0.05) is 6.10 Å². The van der Waals surface area contributed by atoms with E-state index in [4.69, 9.17) is 4.43 Å². The first-order valence-electron chi connectivity index (χ1n) is 9.84. The van der Waals surface area contributed by atoms with Crippen LogP contribution in [0, 0.1) is 0 Å². The van der Waals surface area contributed by atoms with Crippen molar-refractivity contribution in [3.63, 3.8) is 0 Å². The van der Waals surface area contributed by atoms with E-state index < -0.39 is 0 Å². The van der Waals surface area contributed by atoms with Gasteiger partial charge in [0.05, 0.1) is 0 Å². The Balaban J connectivity index is 2.96. The van der Waals surface area contributed by atoms with Crippen LogP contribution in [0.25, 0.3) is 0 Å². The maximum absolute atomic E-state index is 5.41. The molecule has 0 aliphatic heterocycles. The Labute approximate surface area is 138 Å². The van der Waals surface area contributed by atoms with Gasteiger partial charge in [0.15, 0.2) is 0 Å². The Kier molecular flexibility index (Phi) is 18.4. The van der Waals surface area contributed by atoms with Crippen LogP contribution in [0.4, 0.5) is 0 Å². The van der Waals surface area contributed by atoms with E-state index in [9.17, 15) is 0 Å². The van der Waals surface area contributed by atoms with Crippen LogP contribution in [0.2, 0.25) is 0 Å². The zero-order chi connectivity index (χ0) is 15.6. The predicted molar refractivity (Wildman–Crippen MR) is 100 cm³/mol. The SMILES string of the molecule is CCCCCCCCCCCCCCCCCC(C)O[SiH3]. The minimum atomic E-state index is 0.513.